The summed E-state index contributed by atoms with van der Waals surface area (Å²) >= 11 is 0. The quantitative estimate of drug-likeness (QED) is 0.401. The van der Waals surface area contributed by atoms with Gasteiger partial charge in [0.1, 0.15) is 0 Å². The Morgan fingerprint density at radius 1 is 1.29 bits per heavy atom. The van der Waals surface area contributed by atoms with Gasteiger partial charge in [-0.2, -0.15) is 0 Å². The van der Waals surface area contributed by atoms with Crippen molar-refractivity contribution in [1.82, 2.24) is 0 Å². The SMILES string of the molecule is CCCCC(CC)COC(=O)C=CC(=O)O.[BaH2]. The maximum atomic E-state index is 11.1. The molecule has 0 aromatic carbocycles. The van der Waals surface area contributed by atoms with E-state index in [1.165, 1.54) is 0 Å². The molecule has 1 atom stereocenters. The first-order chi connectivity index (χ1) is 7.60. The standard InChI is InChI=1S/C12H20O4.Ba.2H/c1-3-5-6-10(4-2)9-16-12(15)8-7-11(13)14;;;/h7-8,10H,3-6,9H2,1-2H3,(H,13,14);;;. The van der Waals surface area contributed by atoms with E-state index in [2.05, 4.69) is 13.8 Å². The first-order valence-electron chi connectivity index (χ1n) is 5.67. The Labute approximate surface area is 143 Å². The molecule has 0 heterocycles. The van der Waals surface area contributed by atoms with Crippen molar-refractivity contribution in [2.45, 2.75) is 39.5 Å². The summed E-state index contributed by atoms with van der Waals surface area (Å²) in [4.78, 5) is 21.2. The third-order valence-electron chi connectivity index (χ3n) is 2.37. The van der Waals surface area contributed by atoms with Crippen LogP contribution in [0.3, 0.4) is 0 Å². The molecule has 0 fully saturated rings. The minimum atomic E-state index is -1.14. The fourth-order valence-electron chi connectivity index (χ4n) is 1.29. The van der Waals surface area contributed by atoms with Gasteiger partial charge >= 0.3 is 60.8 Å². The fraction of sp³-hybridized carbons (Fsp3) is 0.667. The average Bonchev–Trinajstić information content (AvgIpc) is 2.26. The minimum absolute atomic E-state index is 0. The van der Waals surface area contributed by atoms with E-state index in [0.717, 1.165) is 37.8 Å². The Balaban J connectivity index is 0. The summed E-state index contributed by atoms with van der Waals surface area (Å²) in [5, 5.41) is 8.31. The molecule has 0 saturated carbocycles. The van der Waals surface area contributed by atoms with Crippen molar-refractivity contribution in [2.24, 2.45) is 5.92 Å². The topological polar surface area (TPSA) is 63.6 Å². The third-order valence-corrected chi connectivity index (χ3v) is 2.37. The van der Waals surface area contributed by atoms with Gasteiger partial charge in [-0.15, -0.1) is 0 Å². The summed E-state index contributed by atoms with van der Waals surface area (Å²) < 4.78 is 4.95. The van der Waals surface area contributed by atoms with Crippen LogP contribution in [0.2, 0.25) is 0 Å². The summed E-state index contributed by atoms with van der Waals surface area (Å²) in [6.07, 6.45) is 5.99. The molecule has 0 aliphatic rings. The molecule has 0 aliphatic heterocycles. The first-order valence-corrected chi connectivity index (χ1v) is 5.67. The number of rotatable bonds is 8. The number of ether oxygens (including phenoxy) is 1. The molecule has 0 radical (unpaired) electrons. The van der Waals surface area contributed by atoms with E-state index in [1.807, 2.05) is 0 Å². The summed E-state index contributed by atoms with van der Waals surface area (Å²) in [6.45, 7) is 4.55. The van der Waals surface area contributed by atoms with E-state index in [0.29, 0.717) is 12.5 Å². The second-order valence-electron chi connectivity index (χ2n) is 3.72. The summed E-state index contributed by atoms with van der Waals surface area (Å²) in [5.74, 6) is -1.35. The van der Waals surface area contributed by atoms with E-state index in [-0.39, 0.29) is 48.9 Å². The molecule has 0 aliphatic carbocycles. The van der Waals surface area contributed by atoms with Crippen LogP contribution in [0.25, 0.3) is 0 Å². The molecule has 0 aromatic rings. The first kappa shape index (κ1) is 19.6. The average molecular weight is 368 g/mol. The van der Waals surface area contributed by atoms with Gasteiger partial charge in [-0.05, 0) is 12.3 Å². The van der Waals surface area contributed by atoms with Crippen LogP contribution in [-0.4, -0.2) is 72.5 Å². The monoisotopic (exact) mass is 368 g/mol. The van der Waals surface area contributed by atoms with Crippen LogP contribution in [0.4, 0.5) is 0 Å². The fourth-order valence-corrected chi connectivity index (χ4v) is 1.29. The van der Waals surface area contributed by atoms with E-state index in [4.69, 9.17) is 9.84 Å². The molecule has 0 saturated heterocycles. The number of carbonyl (C=O) groups is 2. The molecular weight excluding hydrogens is 345 g/mol. The molecule has 0 spiro atoms. The molecule has 1 unspecified atom stereocenters. The number of carbonyl (C=O) groups excluding carboxylic acids is 1. The van der Waals surface area contributed by atoms with Gasteiger partial charge in [0.25, 0.3) is 0 Å². The Kier molecular flexibility index (Phi) is 14.6. The number of hydrogen-bond donors (Lipinski definition) is 1. The van der Waals surface area contributed by atoms with E-state index >= 15 is 0 Å². The number of aliphatic carboxylic acids is 1. The Morgan fingerprint density at radius 3 is 2.41 bits per heavy atom. The summed E-state index contributed by atoms with van der Waals surface area (Å²) in [7, 11) is 0. The van der Waals surface area contributed by atoms with Crippen molar-refractivity contribution in [3.63, 3.8) is 0 Å². The number of carboxylic acids is 1. The van der Waals surface area contributed by atoms with Crippen LogP contribution in [0.15, 0.2) is 12.2 Å². The Morgan fingerprint density at radius 2 is 1.94 bits per heavy atom. The van der Waals surface area contributed by atoms with Crippen LogP contribution in [0.1, 0.15) is 39.5 Å². The molecule has 5 heteroatoms. The maximum absolute atomic E-state index is 11.1. The summed E-state index contributed by atoms with van der Waals surface area (Å²) in [6, 6.07) is 0. The molecule has 0 amide bonds. The van der Waals surface area contributed by atoms with E-state index in [9.17, 15) is 9.59 Å². The van der Waals surface area contributed by atoms with E-state index < -0.39 is 11.9 Å². The molecule has 96 valence electrons. The molecule has 0 rings (SSSR count). The zero-order valence-corrected chi connectivity index (χ0v) is 9.94. The van der Waals surface area contributed by atoms with Crippen LogP contribution in [0, 0.1) is 5.92 Å². The van der Waals surface area contributed by atoms with Gasteiger partial charge in [-0.1, -0.05) is 33.1 Å². The van der Waals surface area contributed by atoms with Gasteiger partial charge in [-0.3, -0.25) is 0 Å². The van der Waals surface area contributed by atoms with Crippen molar-refractivity contribution in [2.75, 3.05) is 6.61 Å². The predicted octanol–water partition coefficient (Wildman–Crippen LogP) is 1.47. The number of esters is 1. The van der Waals surface area contributed by atoms with Gasteiger partial charge in [0, 0.05) is 12.2 Å². The predicted molar refractivity (Wildman–Crippen MR) is 69.6 cm³/mol. The molecular formula is C12H22BaO4. The van der Waals surface area contributed by atoms with Gasteiger partial charge < -0.3 is 9.84 Å². The second kappa shape index (κ2) is 12.7. The zero-order chi connectivity index (χ0) is 12.4. The summed E-state index contributed by atoms with van der Waals surface area (Å²) in [5.41, 5.74) is 0. The number of hydrogen-bond acceptors (Lipinski definition) is 3. The Bertz CT molecular complexity index is 251. The van der Waals surface area contributed by atoms with Crippen LogP contribution >= 0.6 is 0 Å². The van der Waals surface area contributed by atoms with Crippen molar-refractivity contribution in [3.05, 3.63) is 12.2 Å². The molecule has 17 heavy (non-hydrogen) atoms. The second-order valence-corrected chi connectivity index (χ2v) is 3.72. The number of unbranched alkanes of at least 4 members (excludes halogenated alkanes) is 1. The molecule has 0 aromatic heterocycles. The number of carboxylic acid groups (broad SMARTS) is 1. The van der Waals surface area contributed by atoms with Gasteiger partial charge in [0.05, 0.1) is 6.61 Å². The van der Waals surface area contributed by atoms with Crippen molar-refractivity contribution in [3.8, 4) is 0 Å². The normalized spacial score (nSPS) is 11.9. The zero-order valence-electron chi connectivity index (χ0n) is 9.94. The third kappa shape index (κ3) is 12.5. The van der Waals surface area contributed by atoms with Crippen molar-refractivity contribution < 1.29 is 19.4 Å². The van der Waals surface area contributed by atoms with Crippen LogP contribution in [-0.2, 0) is 14.3 Å². The Hall–Kier alpha value is 0.251. The molecule has 0 bridgehead atoms. The van der Waals surface area contributed by atoms with Gasteiger partial charge in [-0.25, -0.2) is 9.59 Å². The van der Waals surface area contributed by atoms with Gasteiger partial charge in [0.15, 0.2) is 0 Å². The van der Waals surface area contributed by atoms with Crippen LogP contribution < -0.4 is 0 Å². The van der Waals surface area contributed by atoms with Crippen molar-refractivity contribution >= 4 is 60.8 Å². The van der Waals surface area contributed by atoms with Gasteiger partial charge in [0.2, 0.25) is 0 Å². The van der Waals surface area contributed by atoms with Crippen molar-refractivity contribution in [1.29, 1.82) is 0 Å². The van der Waals surface area contributed by atoms with Crippen LogP contribution in [0.5, 0.6) is 0 Å². The molecule has 4 nitrogen and oxygen atoms in total. The van der Waals surface area contributed by atoms with E-state index in [1.54, 1.807) is 0 Å². The molecule has 1 N–H and O–H groups in total.